The number of carbonyl (C=O) groups excluding carboxylic acids is 1. The zero-order chi connectivity index (χ0) is 14.6. The maximum absolute atomic E-state index is 11.7. The SMILES string of the molecule is CCCc1nccn1CCCC(C)(NC1CC1)C(N)=O. The number of aryl methyl sites for hydroxylation is 2. The molecule has 0 bridgehead atoms. The van der Waals surface area contributed by atoms with E-state index in [9.17, 15) is 4.79 Å². The Kier molecular flexibility index (Phi) is 4.81. The molecule has 1 aromatic rings. The summed E-state index contributed by atoms with van der Waals surface area (Å²) in [4.78, 5) is 16.1. The molecule has 1 amide bonds. The molecular formula is C15H26N4O. The van der Waals surface area contributed by atoms with Gasteiger partial charge in [-0.25, -0.2) is 4.98 Å². The predicted molar refractivity (Wildman–Crippen MR) is 79.2 cm³/mol. The lowest BCUT2D eigenvalue weighted by Gasteiger charge is -2.27. The lowest BCUT2D eigenvalue weighted by Crippen LogP contribution is -2.54. The van der Waals surface area contributed by atoms with E-state index in [1.807, 2.05) is 19.3 Å². The minimum atomic E-state index is -0.577. The summed E-state index contributed by atoms with van der Waals surface area (Å²) in [5.41, 5.74) is 4.99. The molecule has 0 spiro atoms. The summed E-state index contributed by atoms with van der Waals surface area (Å²) in [6, 6.07) is 0.483. The second-order valence-corrected chi connectivity index (χ2v) is 6.01. The molecule has 20 heavy (non-hydrogen) atoms. The van der Waals surface area contributed by atoms with Crippen molar-refractivity contribution in [2.75, 3.05) is 0 Å². The Morgan fingerprint density at radius 1 is 1.60 bits per heavy atom. The number of aromatic nitrogens is 2. The first-order valence-corrected chi connectivity index (χ1v) is 7.63. The van der Waals surface area contributed by atoms with Gasteiger partial charge in [-0.15, -0.1) is 0 Å². The van der Waals surface area contributed by atoms with Crippen molar-refractivity contribution in [2.45, 2.75) is 70.5 Å². The van der Waals surface area contributed by atoms with Crippen LogP contribution in [-0.2, 0) is 17.8 Å². The third kappa shape index (κ3) is 3.82. The van der Waals surface area contributed by atoms with Crippen molar-refractivity contribution >= 4 is 5.91 Å². The molecule has 0 radical (unpaired) electrons. The number of hydrogen-bond donors (Lipinski definition) is 2. The Hall–Kier alpha value is -1.36. The van der Waals surface area contributed by atoms with Gasteiger partial charge in [0.1, 0.15) is 5.82 Å². The molecule has 2 rings (SSSR count). The molecule has 0 saturated heterocycles. The monoisotopic (exact) mass is 278 g/mol. The first-order valence-electron chi connectivity index (χ1n) is 7.63. The fourth-order valence-corrected chi connectivity index (χ4v) is 2.54. The van der Waals surface area contributed by atoms with Gasteiger partial charge in [-0.3, -0.25) is 4.79 Å². The first-order chi connectivity index (χ1) is 9.55. The summed E-state index contributed by atoms with van der Waals surface area (Å²) in [5, 5.41) is 3.39. The molecule has 5 nitrogen and oxygen atoms in total. The number of rotatable bonds is 9. The third-order valence-corrected chi connectivity index (χ3v) is 3.99. The van der Waals surface area contributed by atoms with Crippen LogP contribution < -0.4 is 11.1 Å². The lowest BCUT2D eigenvalue weighted by molar-refractivity contribution is -0.124. The van der Waals surface area contributed by atoms with Gasteiger partial charge in [-0.05, 0) is 39.0 Å². The van der Waals surface area contributed by atoms with Crippen LogP contribution in [0.3, 0.4) is 0 Å². The van der Waals surface area contributed by atoms with Crippen LogP contribution in [-0.4, -0.2) is 27.0 Å². The Balaban J connectivity index is 1.86. The molecule has 1 aromatic heterocycles. The van der Waals surface area contributed by atoms with Gasteiger partial charge in [-0.1, -0.05) is 6.92 Å². The number of amides is 1. The largest absolute Gasteiger partial charge is 0.368 e. The minimum absolute atomic E-state index is 0.246. The Morgan fingerprint density at radius 2 is 2.35 bits per heavy atom. The normalized spacial score (nSPS) is 17.9. The zero-order valence-corrected chi connectivity index (χ0v) is 12.6. The van der Waals surface area contributed by atoms with E-state index in [1.165, 1.54) is 0 Å². The van der Waals surface area contributed by atoms with Crippen molar-refractivity contribution in [3.8, 4) is 0 Å². The van der Waals surface area contributed by atoms with Gasteiger partial charge in [0, 0.05) is 31.4 Å². The predicted octanol–water partition coefficient (Wildman–Crippen LogP) is 1.61. The molecule has 3 N–H and O–H groups in total. The van der Waals surface area contributed by atoms with Gasteiger partial charge >= 0.3 is 0 Å². The van der Waals surface area contributed by atoms with Crippen LogP contribution in [0.5, 0.6) is 0 Å². The summed E-state index contributed by atoms with van der Waals surface area (Å²) in [6.07, 6.45) is 9.96. The van der Waals surface area contributed by atoms with Gasteiger partial charge in [0.15, 0.2) is 0 Å². The number of nitrogens with one attached hydrogen (secondary N) is 1. The number of nitrogens with two attached hydrogens (primary N) is 1. The van der Waals surface area contributed by atoms with Gasteiger partial charge in [0.2, 0.25) is 5.91 Å². The standard InChI is InChI=1S/C15H26N4O/c1-3-5-13-17-9-11-19(13)10-4-8-15(2,14(16)20)18-12-6-7-12/h9,11-12,18H,3-8,10H2,1-2H3,(H2,16,20). The minimum Gasteiger partial charge on any atom is -0.368 e. The molecule has 0 aliphatic heterocycles. The van der Waals surface area contributed by atoms with Gasteiger partial charge in [0.25, 0.3) is 0 Å². The maximum Gasteiger partial charge on any atom is 0.237 e. The molecule has 1 saturated carbocycles. The highest BCUT2D eigenvalue weighted by Crippen LogP contribution is 2.25. The van der Waals surface area contributed by atoms with Gasteiger partial charge in [-0.2, -0.15) is 0 Å². The van der Waals surface area contributed by atoms with Crippen LogP contribution in [0.2, 0.25) is 0 Å². The molecule has 0 aromatic carbocycles. The Labute approximate surface area is 120 Å². The van der Waals surface area contributed by atoms with Crippen molar-refractivity contribution in [1.82, 2.24) is 14.9 Å². The quantitative estimate of drug-likeness (QED) is 0.721. The Morgan fingerprint density at radius 3 is 2.95 bits per heavy atom. The molecule has 1 atom stereocenters. The molecule has 1 aliphatic rings. The van der Waals surface area contributed by atoms with Crippen molar-refractivity contribution in [3.63, 3.8) is 0 Å². The summed E-state index contributed by atoms with van der Waals surface area (Å²) < 4.78 is 2.18. The van der Waals surface area contributed by atoms with Crippen LogP contribution >= 0.6 is 0 Å². The topological polar surface area (TPSA) is 72.9 Å². The van der Waals surface area contributed by atoms with Crippen LogP contribution in [0.25, 0.3) is 0 Å². The highest BCUT2D eigenvalue weighted by atomic mass is 16.1. The molecule has 112 valence electrons. The second kappa shape index (κ2) is 6.39. The van der Waals surface area contributed by atoms with Crippen LogP contribution in [0.15, 0.2) is 12.4 Å². The van der Waals surface area contributed by atoms with E-state index in [4.69, 9.17) is 5.73 Å². The molecule has 1 heterocycles. The second-order valence-electron chi connectivity index (χ2n) is 6.01. The van der Waals surface area contributed by atoms with E-state index < -0.39 is 5.54 Å². The average Bonchev–Trinajstić information content (AvgIpc) is 3.09. The number of imidazole rings is 1. The van der Waals surface area contributed by atoms with Crippen LogP contribution in [0.4, 0.5) is 0 Å². The molecular weight excluding hydrogens is 252 g/mol. The van der Waals surface area contributed by atoms with E-state index in [0.717, 1.165) is 50.9 Å². The maximum atomic E-state index is 11.7. The fraction of sp³-hybridized carbons (Fsp3) is 0.733. The lowest BCUT2D eigenvalue weighted by atomic mass is 9.94. The van der Waals surface area contributed by atoms with Crippen molar-refractivity contribution < 1.29 is 4.79 Å². The number of hydrogen-bond acceptors (Lipinski definition) is 3. The summed E-state index contributed by atoms with van der Waals surface area (Å²) in [7, 11) is 0. The van der Waals surface area contributed by atoms with Crippen molar-refractivity contribution in [2.24, 2.45) is 5.73 Å². The van der Waals surface area contributed by atoms with E-state index in [1.54, 1.807) is 0 Å². The average molecular weight is 278 g/mol. The van der Waals surface area contributed by atoms with E-state index >= 15 is 0 Å². The zero-order valence-electron chi connectivity index (χ0n) is 12.6. The fourth-order valence-electron chi connectivity index (χ4n) is 2.54. The molecule has 1 aliphatic carbocycles. The van der Waals surface area contributed by atoms with Crippen LogP contribution in [0, 0.1) is 0 Å². The summed E-state index contributed by atoms with van der Waals surface area (Å²) in [5.74, 6) is 0.882. The van der Waals surface area contributed by atoms with Crippen LogP contribution in [0.1, 0.15) is 51.8 Å². The molecule has 1 unspecified atom stereocenters. The highest BCUT2D eigenvalue weighted by Gasteiger charge is 2.36. The Bertz CT molecular complexity index is 452. The molecule has 5 heteroatoms. The van der Waals surface area contributed by atoms with E-state index in [-0.39, 0.29) is 5.91 Å². The summed E-state index contributed by atoms with van der Waals surface area (Å²) in [6.45, 7) is 4.97. The van der Waals surface area contributed by atoms with E-state index in [0.29, 0.717) is 6.04 Å². The number of carbonyl (C=O) groups is 1. The summed E-state index contributed by atoms with van der Waals surface area (Å²) >= 11 is 0. The first kappa shape index (κ1) is 15.0. The highest BCUT2D eigenvalue weighted by molar-refractivity contribution is 5.84. The molecule has 1 fully saturated rings. The van der Waals surface area contributed by atoms with E-state index in [2.05, 4.69) is 21.8 Å². The van der Waals surface area contributed by atoms with Gasteiger partial charge in [0.05, 0.1) is 5.54 Å². The number of nitrogens with zero attached hydrogens (tertiary/aromatic N) is 2. The third-order valence-electron chi connectivity index (χ3n) is 3.99. The number of primary amides is 1. The van der Waals surface area contributed by atoms with Crippen molar-refractivity contribution in [1.29, 1.82) is 0 Å². The van der Waals surface area contributed by atoms with Crippen molar-refractivity contribution in [3.05, 3.63) is 18.2 Å². The smallest absolute Gasteiger partial charge is 0.237 e. The van der Waals surface area contributed by atoms with Gasteiger partial charge < -0.3 is 15.6 Å².